The molecule has 0 radical (unpaired) electrons. The molecule has 60 heavy (non-hydrogen) atoms. The molecule has 0 spiro atoms. The van der Waals surface area contributed by atoms with E-state index in [1.165, 1.54) is 0 Å². The van der Waals surface area contributed by atoms with Crippen molar-refractivity contribution in [2.45, 2.75) is 66.6 Å². The molecule has 0 aliphatic heterocycles. The van der Waals surface area contributed by atoms with Crippen molar-refractivity contribution in [3.05, 3.63) is 142 Å². The van der Waals surface area contributed by atoms with Crippen molar-refractivity contribution in [2.75, 3.05) is 39.6 Å². The fourth-order valence-corrected chi connectivity index (χ4v) is 6.37. The molecule has 9 heteroatoms. The average molecular weight is 809 g/mol. The molecule has 310 valence electrons. The largest absolute Gasteiger partial charge is 0.490 e. The molecule has 0 aromatic heterocycles. The first-order valence-corrected chi connectivity index (χ1v) is 20.3. The number of rotatable bonds is 18. The van der Waals surface area contributed by atoms with Gasteiger partial charge in [0.05, 0.1) is 13.2 Å². The third-order valence-corrected chi connectivity index (χ3v) is 9.43. The maximum Gasteiger partial charge on any atom is 0.335 e. The normalized spacial score (nSPS) is 12.8. The Kier molecular flexibility index (Phi) is 16.9. The number of carbonyl (C=O) groups is 3. The van der Waals surface area contributed by atoms with E-state index in [0.717, 1.165) is 44.5 Å². The van der Waals surface area contributed by atoms with Gasteiger partial charge in [-0.3, -0.25) is 4.79 Å². The molecule has 0 bridgehead atoms. The van der Waals surface area contributed by atoms with E-state index in [1.54, 1.807) is 13.8 Å². The first-order valence-electron chi connectivity index (χ1n) is 20.3. The molecule has 5 rings (SSSR count). The lowest BCUT2D eigenvalue weighted by Gasteiger charge is -2.15. The van der Waals surface area contributed by atoms with Gasteiger partial charge < -0.3 is 28.4 Å². The second kappa shape index (κ2) is 22.7. The van der Waals surface area contributed by atoms with Gasteiger partial charge in [0.1, 0.15) is 24.7 Å². The number of benzene rings is 4. The topological polar surface area (TPSA) is 107 Å². The number of hydrogen-bond acceptors (Lipinski definition) is 9. The Bertz CT molecular complexity index is 2150. The average Bonchev–Trinajstić information content (AvgIpc) is 3.52. The summed E-state index contributed by atoms with van der Waals surface area (Å²) in [7, 11) is 0. The van der Waals surface area contributed by atoms with Crippen molar-refractivity contribution in [3.63, 3.8) is 0 Å². The molecule has 4 aromatic carbocycles. The number of carbonyl (C=O) groups excluding carboxylic acids is 3. The zero-order valence-electron chi connectivity index (χ0n) is 35.2. The van der Waals surface area contributed by atoms with Gasteiger partial charge in [0.15, 0.2) is 18.0 Å². The third kappa shape index (κ3) is 12.8. The molecule has 0 amide bonds. The summed E-state index contributed by atoms with van der Waals surface area (Å²) in [5.74, 6) is 13.3. The van der Waals surface area contributed by atoms with Crippen LogP contribution in [0.15, 0.2) is 108 Å². The minimum Gasteiger partial charge on any atom is -0.490 e. The van der Waals surface area contributed by atoms with E-state index >= 15 is 0 Å². The van der Waals surface area contributed by atoms with E-state index in [0.29, 0.717) is 75.1 Å². The van der Waals surface area contributed by atoms with Crippen LogP contribution < -0.4 is 9.47 Å². The molecular weight excluding hydrogens is 757 g/mol. The highest BCUT2D eigenvalue weighted by Crippen LogP contribution is 2.37. The number of ether oxygens (including phenoxy) is 6. The zero-order valence-corrected chi connectivity index (χ0v) is 35.2. The van der Waals surface area contributed by atoms with E-state index in [2.05, 4.69) is 23.7 Å². The van der Waals surface area contributed by atoms with E-state index in [-0.39, 0.29) is 17.7 Å². The second-order valence-electron chi connectivity index (χ2n) is 13.8. The third-order valence-electron chi connectivity index (χ3n) is 9.43. The van der Waals surface area contributed by atoms with Crippen molar-refractivity contribution in [1.82, 2.24) is 0 Å². The number of ketones is 1. The predicted molar refractivity (Wildman–Crippen MR) is 232 cm³/mol. The first kappa shape index (κ1) is 44.7. The Labute approximate surface area is 353 Å². The minimum absolute atomic E-state index is 0.0470. The lowest BCUT2D eigenvalue weighted by Crippen LogP contribution is -2.28. The van der Waals surface area contributed by atoms with Crippen LogP contribution in [0, 0.1) is 23.7 Å². The molecule has 1 aliphatic rings. The van der Waals surface area contributed by atoms with Gasteiger partial charge in [-0.25, -0.2) is 9.59 Å². The fraction of sp³-hybridized carbons (Fsp3) is 0.314. The van der Waals surface area contributed by atoms with Crippen LogP contribution in [0.5, 0.6) is 11.5 Å². The molecule has 9 nitrogen and oxygen atoms in total. The van der Waals surface area contributed by atoms with Crippen LogP contribution in [0.4, 0.5) is 0 Å². The van der Waals surface area contributed by atoms with Crippen LogP contribution in [0.2, 0.25) is 0 Å². The molecular formula is C51H52O9. The highest BCUT2D eigenvalue weighted by molar-refractivity contribution is 6.22. The van der Waals surface area contributed by atoms with Crippen LogP contribution in [0.1, 0.15) is 79.7 Å². The number of fused-ring (bicyclic) bond motifs is 3. The number of allylic oxidation sites excluding steroid dienone is 2. The summed E-state index contributed by atoms with van der Waals surface area (Å²) in [5.41, 5.74) is 8.08. The van der Waals surface area contributed by atoms with E-state index in [9.17, 15) is 14.4 Å². The SMILES string of the molecule is CCOC(=O)[C@H](Cc1ccc(OCC=C(C)C#Cc2ccc3c(c2)C(=O)c2cc(C#CC(C)=CCOc4ccc(C[C@H](OCC)C(=O)OCC)cc4)ccc2-3)cc1)OCC. The van der Waals surface area contributed by atoms with E-state index in [4.69, 9.17) is 28.4 Å². The first-order chi connectivity index (χ1) is 29.1. The summed E-state index contributed by atoms with van der Waals surface area (Å²) in [6, 6.07) is 26.6. The van der Waals surface area contributed by atoms with E-state index in [1.807, 2.05) is 125 Å². The molecule has 0 fully saturated rings. The number of esters is 2. The summed E-state index contributed by atoms with van der Waals surface area (Å²) in [6.07, 6.45) is 3.38. The highest BCUT2D eigenvalue weighted by atomic mass is 16.6. The molecule has 4 aromatic rings. The zero-order chi connectivity index (χ0) is 42.9. The van der Waals surface area contributed by atoms with Gasteiger partial charge in [0.25, 0.3) is 0 Å². The van der Waals surface area contributed by atoms with Gasteiger partial charge in [0.2, 0.25) is 0 Å². The molecule has 2 atom stereocenters. The smallest absolute Gasteiger partial charge is 0.335 e. The summed E-state index contributed by atoms with van der Waals surface area (Å²) in [6.45, 7) is 13.2. The maximum absolute atomic E-state index is 13.5. The monoisotopic (exact) mass is 808 g/mol. The second-order valence-corrected chi connectivity index (χ2v) is 13.8. The van der Waals surface area contributed by atoms with Crippen molar-refractivity contribution in [1.29, 1.82) is 0 Å². The molecule has 0 saturated heterocycles. The highest BCUT2D eigenvalue weighted by Gasteiger charge is 2.27. The summed E-state index contributed by atoms with van der Waals surface area (Å²) >= 11 is 0. The molecule has 1 aliphatic carbocycles. The van der Waals surface area contributed by atoms with Gasteiger partial charge in [-0.05, 0) is 136 Å². The van der Waals surface area contributed by atoms with Gasteiger partial charge in [0, 0.05) is 48.3 Å². The summed E-state index contributed by atoms with van der Waals surface area (Å²) in [5, 5.41) is 0. The molecule has 0 N–H and O–H groups in total. The van der Waals surface area contributed by atoms with E-state index < -0.39 is 12.2 Å². The Morgan fingerprint density at radius 1 is 0.550 bits per heavy atom. The standard InChI is InChI=1S/C51H52O9/c1-7-55-47(50(53)57-9-3)33-39-15-21-41(22-16-39)59-29-27-35(5)11-13-37-19-25-43-44-26-20-38(32-46(44)49(52)45(43)31-37)14-12-36(6)28-30-60-42-23-17-40(18-24-42)34-48(56-8-2)51(54)58-10-4/h15-28,31-32,47-48H,7-10,29-30,33-34H2,1-6H3/t47-,48-/m0/s1. The van der Waals surface area contributed by atoms with Crippen LogP contribution >= 0.6 is 0 Å². The Hall–Kier alpha value is -6.39. The predicted octanol–water partition coefficient (Wildman–Crippen LogP) is 8.67. The van der Waals surface area contributed by atoms with Crippen LogP contribution in [0.25, 0.3) is 11.1 Å². The van der Waals surface area contributed by atoms with Crippen molar-refractivity contribution >= 4 is 17.7 Å². The summed E-state index contributed by atoms with van der Waals surface area (Å²) in [4.78, 5) is 37.9. The lowest BCUT2D eigenvalue weighted by molar-refractivity contribution is -0.157. The number of hydrogen-bond donors (Lipinski definition) is 0. The van der Waals surface area contributed by atoms with Crippen molar-refractivity contribution in [2.24, 2.45) is 0 Å². The van der Waals surface area contributed by atoms with Crippen molar-refractivity contribution < 1.29 is 42.8 Å². The Morgan fingerprint density at radius 3 is 1.32 bits per heavy atom. The minimum atomic E-state index is -0.638. The van der Waals surface area contributed by atoms with Crippen molar-refractivity contribution in [3.8, 4) is 46.3 Å². The van der Waals surface area contributed by atoms with Crippen LogP contribution in [-0.4, -0.2) is 69.6 Å². The van der Waals surface area contributed by atoms with Gasteiger partial charge in [-0.2, -0.15) is 0 Å². The van der Waals surface area contributed by atoms with Crippen LogP contribution in [0.3, 0.4) is 0 Å². The van der Waals surface area contributed by atoms with Crippen LogP contribution in [-0.2, 0) is 41.4 Å². The van der Waals surface area contributed by atoms with Gasteiger partial charge in [-0.15, -0.1) is 0 Å². The van der Waals surface area contributed by atoms with Gasteiger partial charge >= 0.3 is 11.9 Å². The summed E-state index contributed by atoms with van der Waals surface area (Å²) < 4.78 is 33.2. The maximum atomic E-state index is 13.5. The quantitative estimate of drug-likeness (QED) is 0.0635. The molecule has 0 saturated carbocycles. The lowest BCUT2D eigenvalue weighted by atomic mass is 10.0. The fourth-order valence-electron chi connectivity index (χ4n) is 6.37. The Morgan fingerprint density at radius 2 is 0.950 bits per heavy atom. The molecule has 0 heterocycles. The Balaban J connectivity index is 1.12. The molecule has 0 unspecified atom stereocenters. The van der Waals surface area contributed by atoms with Gasteiger partial charge in [-0.1, -0.05) is 60.1 Å².